The second-order valence-electron chi connectivity index (χ2n) is 4.93. The van der Waals surface area contributed by atoms with E-state index in [0.717, 1.165) is 31.8 Å². The van der Waals surface area contributed by atoms with Crippen molar-refractivity contribution in [1.29, 1.82) is 0 Å². The zero-order chi connectivity index (χ0) is 13.0. The first-order valence-corrected chi connectivity index (χ1v) is 6.92. The van der Waals surface area contributed by atoms with Gasteiger partial charge >= 0.3 is 0 Å². The predicted octanol–water partition coefficient (Wildman–Crippen LogP) is 2.27. The van der Waals surface area contributed by atoms with Gasteiger partial charge in [-0.25, -0.2) is 0 Å². The molecule has 2 heterocycles. The first-order chi connectivity index (χ1) is 8.76. The fourth-order valence-electron chi connectivity index (χ4n) is 2.18. The molecule has 0 aromatic carbocycles. The molecule has 0 saturated carbocycles. The minimum Gasteiger partial charge on any atom is -0.370 e. The molecule has 102 valence electrons. The summed E-state index contributed by atoms with van der Waals surface area (Å²) in [5.41, 5.74) is 0. The van der Waals surface area contributed by atoms with Gasteiger partial charge in [-0.15, -0.1) is 0 Å². The summed E-state index contributed by atoms with van der Waals surface area (Å²) in [6.07, 6.45) is 1.97. The second kappa shape index (κ2) is 6.29. The first kappa shape index (κ1) is 13.5. The van der Waals surface area contributed by atoms with E-state index >= 15 is 0 Å². The number of rotatable bonds is 7. The lowest BCUT2D eigenvalue weighted by Gasteiger charge is -2.30. The maximum absolute atomic E-state index is 5.66. The average molecular weight is 253 g/mol. The van der Waals surface area contributed by atoms with E-state index in [1.54, 1.807) is 0 Å². The summed E-state index contributed by atoms with van der Waals surface area (Å²) < 4.78 is 11.1. The van der Waals surface area contributed by atoms with Crippen molar-refractivity contribution >= 4 is 0 Å². The number of hydrogen-bond acceptors (Lipinski definition) is 5. The summed E-state index contributed by atoms with van der Waals surface area (Å²) in [5.74, 6) is 2.40. The van der Waals surface area contributed by atoms with Crippen LogP contribution in [0.1, 0.15) is 57.3 Å². The van der Waals surface area contributed by atoms with Crippen molar-refractivity contribution in [2.75, 3.05) is 19.7 Å². The van der Waals surface area contributed by atoms with E-state index < -0.39 is 0 Å². The standard InChI is InChI=1S/C13H23N3O2/c1-4-6-11(17-5-2)12-15-13(18-16-12)9(3)10-7-14-8-10/h9-11,14H,4-8H2,1-3H3. The van der Waals surface area contributed by atoms with Gasteiger partial charge in [-0.05, 0) is 32.4 Å². The topological polar surface area (TPSA) is 60.2 Å². The Balaban J connectivity index is 2.02. The summed E-state index contributed by atoms with van der Waals surface area (Å²) in [7, 11) is 0. The van der Waals surface area contributed by atoms with Crippen molar-refractivity contribution in [2.45, 2.75) is 45.6 Å². The Bertz CT molecular complexity index is 357. The Labute approximate surface area is 108 Å². The molecule has 0 aliphatic carbocycles. The van der Waals surface area contributed by atoms with Gasteiger partial charge in [0, 0.05) is 12.5 Å². The van der Waals surface area contributed by atoms with Gasteiger partial charge in [0.05, 0.1) is 0 Å². The molecule has 2 unspecified atom stereocenters. The van der Waals surface area contributed by atoms with Gasteiger partial charge in [0.1, 0.15) is 6.10 Å². The SMILES string of the molecule is CCCC(OCC)c1noc(C(C)C2CNC2)n1. The third-order valence-corrected chi connectivity index (χ3v) is 3.57. The van der Waals surface area contributed by atoms with Crippen LogP contribution in [0.15, 0.2) is 4.52 Å². The van der Waals surface area contributed by atoms with Crippen LogP contribution in [0.5, 0.6) is 0 Å². The normalized spacial score (nSPS) is 19.5. The van der Waals surface area contributed by atoms with E-state index in [-0.39, 0.29) is 6.10 Å². The lowest BCUT2D eigenvalue weighted by molar-refractivity contribution is 0.0477. The quantitative estimate of drug-likeness (QED) is 0.807. The van der Waals surface area contributed by atoms with Crippen molar-refractivity contribution in [3.63, 3.8) is 0 Å². The van der Waals surface area contributed by atoms with Crippen molar-refractivity contribution in [2.24, 2.45) is 5.92 Å². The summed E-state index contributed by atoms with van der Waals surface area (Å²) >= 11 is 0. The van der Waals surface area contributed by atoms with Crippen molar-refractivity contribution < 1.29 is 9.26 Å². The van der Waals surface area contributed by atoms with Crippen molar-refractivity contribution in [3.8, 4) is 0 Å². The number of ether oxygens (including phenoxy) is 1. The fraction of sp³-hybridized carbons (Fsp3) is 0.846. The minimum atomic E-state index is -0.0239. The van der Waals surface area contributed by atoms with Crippen LogP contribution >= 0.6 is 0 Å². The molecule has 1 aliphatic heterocycles. The largest absolute Gasteiger partial charge is 0.370 e. The van der Waals surface area contributed by atoms with Crippen LogP contribution in [-0.4, -0.2) is 29.8 Å². The highest BCUT2D eigenvalue weighted by Gasteiger charge is 2.29. The summed E-state index contributed by atoms with van der Waals surface area (Å²) in [4.78, 5) is 4.52. The van der Waals surface area contributed by atoms with Crippen LogP contribution in [0.25, 0.3) is 0 Å². The lowest BCUT2D eigenvalue weighted by atomic mass is 9.89. The van der Waals surface area contributed by atoms with E-state index in [9.17, 15) is 0 Å². The van der Waals surface area contributed by atoms with E-state index in [0.29, 0.717) is 24.3 Å². The van der Waals surface area contributed by atoms with Crippen LogP contribution < -0.4 is 5.32 Å². The van der Waals surface area contributed by atoms with Gasteiger partial charge in [-0.2, -0.15) is 4.98 Å². The Kier molecular flexibility index (Phi) is 4.72. The lowest BCUT2D eigenvalue weighted by Crippen LogP contribution is -2.44. The summed E-state index contributed by atoms with van der Waals surface area (Å²) in [5, 5.41) is 7.35. The van der Waals surface area contributed by atoms with Gasteiger partial charge in [-0.3, -0.25) is 0 Å². The molecule has 5 nitrogen and oxygen atoms in total. The average Bonchev–Trinajstić information content (AvgIpc) is 2.75. The monoisotopic (exact) mass is 253 g/mol. The molecule has 5 heteroatoms. The molecular formula is C13H23N3O2. The highest BCUT2D eigenvalue weighted by Crippen LogP contribution is 2.28. The zero-order valence-corrected chi connectivity index (χ0v) is 11.5. The molecule has 2 rings (SSSR count). The Morgan fingerprint density at radius 3 is 2.78 bits per heavy atom. The first-order valence-electron chi connectivity index (χ1n) is 6.92. The van der Waals surface area contributed by atoms with E-state index in [1.165, 1.54) is 0 Å². The third kappa shape index (κ3) is 2.90. The van der Waals surface area contributed by atoms with E-state index in [1.807, 2.05) is 6.92 Å². The molecule has 1 fully saturated rings. The van der Waals surface area contributed by atoms with Gasteiger partial charge in [0.25, 0.3) is 0 Å². The van der Waals surface area contributed by atoms with Crippen LogP contribution in [0.3, 0.4) is 0 Å². The Hall–Kier alpha value is -0.940. The molecule has 0 bridgehead atoms. The van der Waals surface area contributed by atoms with Crippen LogP contribution in [-0.2, 0) is 4.74 Å². The van der Waals surface area contributed by atoms with Gasteiger partial charge < -0.3 is 14.6 Å². The fourth-order valence-corrected chi connectivity index (χ4v) is 2.18. The molecule has 1 aliphatic rings. The van der Waals surface area contributed by atoms with Crippen LogP contribution in [0.2, 0.25) is 0 Å². The molecule has 1 N–H and O–H groups in total. The van der Waals surface area contributed by atoms with Crippen LogP contribution in [0.4, 0.5) is 0 Å². The Morgan fingerprint density at radius 1 is 1.44 bits per heavy atom. The minimum absolute atomic E-state index is 0.0239. The highest BCUT2D eigenvalue weighted by atomic mass is 16.5. The molecule has 0 amide bonds. The van der Waals surface area contributed by atoms with Gasteiger partial charge in [-0.1, -0.05) is 25.4 Å². The zero-order valence-electron chi connectivity index (χ0n) is 11.5. The van der Waals surface area contributed by atoms with E-state index in [2.05, 4.69) is 29.3 Å². The molecule has 1 aromatic rings. The number of hydrogen-bond donors (Lipinski definition) is 1. The summed E-state index contributed by atoms with van der Waals surface area (Å²) in [6.45, 7) is 9.04. The second-order valence-corrected chi connectivity index (χ2v) is 4.93. The number of nitrogens with zero attached hydrogens (tertiary/aromatic N) is 2. The number of aromatic nitrogens is 2. The molecule has 0 radical (unpaired) electrons. The van der Waals surface area contributed by atoms with Gasteiger partial charge in [0.15, 0.2) is 0 Å². The van der Waals surface area contributed by atoms with Crippen molar-refractivity contribution in [1.82, 2.24) is 15.5 Å². The molecule has 1 saturated heterocycles. The Morgan fingerprint density at radius 2 is 2.22 bits per heavy atom. The van der Waals surface area contributed by atoms with Gasteiger partial charge in [0.2, 0.25) is 11.7 Å². The maximum atomic E-state index is 5.66. The highest BCUT2D eigenvalue weighted by molar-refractivity contribution is 5.00. The maximum Gasteiger partial charge on any atom is 0.229 e. The smallest absolute Gasteiger partial charge is 0.229 e. The molecule has 1 aromatic heterocycles. The molecule has 2 atom stereocenters. The number of nitrogens with one attached hydrogen (secondary N) is 1. The molecule has 18 heavy (non-hydrogen) atoms. The molecular weight excluding hydrogens is 230 g/mol. The van der Waals surface area contributed by atoms with Crippen molar-refractivity contribution in [3.05, 3.63) is 11.7 Å². The van der Waals surface area contributed by atoms with Crippen LogP contribution in [0, 0.1) is 5.92 Å². The van der Waals surface area contributed by atoms with E-state index in [4.69, 9.17) is 9.26 Å². The summed E-state index contributed by atoms with van der Waals surface area (Å²) in [6, 6.07) is 0. The third-order valence-electron chi connectivity index (χ3n) is 3.57. The molecule has 0 spiro atoms. The predicted molar refractivity (Wildman–Crippen MR) is 68.3 cm³/mol.